The summed E-state index contributed by atoms with van der Waals surface area (Å²) >= 11 is 0. The minimum atomic E-state index is 0.166. The third kappa shape index (κ3) is 4.89. The number of nitrogens with zero attached hydrogens (tertiary/aromatic N) is 2. The highest BCUT2D eigenvalue weighted by molar-refractivity contribution is 5.77. The van der Waals surface area contributed by atoms with E-state index in [0.717, 1.165) is 32.5 Å². The number of rotatable bonds is 4. The van der Waals surface area contributed by atoms with Crippen LogP contribution in [0.4, 0.5) is 0 Å². The fraction of sp³-hybridized carbons (Fsp3) is 0.667. The van der Waals surface area contributed by atoms with Crippen LogP contribution in [0.5, 0.6) is 0 Å². The Morgan fingerprint density at radius 3 is 2.76 bits per heavy atom. The van der Waals surface area contributed by atoms with E-state index in [-0.39, 0.29) is 5.91 Å². The Morgan fingerprint density at radius 2 is 2.24 bits per heavy atom. The van der Waals surface area contributed by atoms with Gasteiger partial charge in [0.05, 0.1) is 0 Å². The molecule has 1 amide bonds. The van der Waals surface area contributed by atoms with Crippen LogP contribution in [-0.2, 0) is 4.79 Å². The molecule has 1 aliphatic heterocycles. The molecule has 0 spiro atoms. The number of nitrogens with one attached hydrogen (secondary N) is 1. The summed E-state index contributed by atoms with van der Waals surface area (Å²) in [5.74, 6) is 1.17. The molecule has 1 heterocycles. The molecule has 0 aromatic rings. The van der Waals surface area contributed by atoms with Gasteiger partial charge in [-0.25, -0.2) is 0 Å². The first kappa shape index (κ1) is 13.5. The Morgan fingerprint density at radius 1 is 1.59 bits per heavy atom. The lowest BCUT2D eigenvalue weighted by Gasteiger charge is -2.30. The summed E-state index contributed by atoms with van der Waals surface area (Å²) in [6.07, 6.45) is 3.77. The van der Waals surface area contributed by atoms with Gasteiger partial charge in [-0.2, -0.15) is 0 Å². The zero-order valence-electron chi connectivity index (χ0n) is 10.5. The number of aliphatic imine (C=N–C) groups is 1. The number of likely N-dealkylation sites (tertiary alicyclic amines) is 1. The number of nitrogens with two attached hydrogens (primary N) is 1. The number of guanidine groups is 1. The molecular formula is C12H22N4O. The first-order valence-electron chi connectivity index (χ1n) is 6.03. The largest absolute Gasteiger partial charge is 0.370 e. The number of hydrogen-bond donors (Lipinski definition) is 2. The van der Waals surface area contributed by atoms with Crippen LogP contribution in [0.25, 0.3) is 0 Å². The van der Waals surface area contributed by atoms with Gasteiger partial charge < -0.3 is 16.0 Å². The summed E-state index contributed by atoms with van der Waals surface area (Å²) < 4.78 is 0. The number of piperidine rings is 1. The molecule has 0 unspecified atom stereocenters. The van der Waals surface area contributed by atoms with Crippen molar-refractivity contribution in [3.05, 3.63) is 12.7 Å². The molecule has 0 aromatic heterocycles. The van der Waals surface area contributed by atoms with Gasteiger partial charge in [-0.05, 0) is 18.8 Å². The normalized spacial score (nSPS) is 17.9. The van der Waals surface area contributed by atoms with E-state index in [9.17, 15) is 4.79 Å². The average Bonchev–Trinajstić information content (AvgIpc) is 2.34. The molecule has 1 saturated heterocycles. The Labute approximate surface area is 103 Å². The van der Waals surface area contributed by atoms with E-state index >= 15 is 0 Å². The average molecular weight is 238 g/mol. The quantitative estimate of drug-likeness (QED) is 0.421. The molecule has 1 rings (SSSR count). The van der Waals surface area contributed by atoms with Gasteiger partial charge in [-0.3, -0.25) is 9.79 Å². The van der Waals surface area contributed by atoms with Crippen LogP contribution in [0, 0.1) is 5.92 Å². The van der Waals surface area contributed by atoms with Crippen molar-refractivity contribution in [3.63, 3.8) is 0 Å². The molecule has 0 atom stereocenters. The first-order valence-corrected chi connectivity index (χ1v) is 6.03. The molecule has 0 aromatic carbocycles. The fourth-order valence-electron chi connectivity index (χ4n) is 1.89. The van der Waals surface area contributed by atoms with Crippen LogP contribution in [0.2, 0.25) is 0 Å². The lowest BCUT2D eigenvalue weighted by atomic mass is 9.97. The fourth-order valence-corrected chi connectivity index (χ4v) is 1.89. The van der Waals surface area contributed by atoms with Crippen molar-refractivity contribution in [2.75, 3.05) is 26.2 Å². The predicted octanol–water partition coefficient (Wildman–Crippen LogP) is 0.335. The summed E-state index contributed by atoms with van der Waals surface area (Å²) in [6, 6.07) is 0. The van der Waals surface area contributed by atoms with Crippen molar-refractivity contribution in [2.45, 2.75) is 19.8 Å². The molecule has 17 heavy (non-hydrogen) atoms. The van der Waals surface area contributed by atoms with Gasteiger partial charge in [-0.15, -0.1) is 6.58 Å². The standard InChI is InChI=1S/C12H22N4O/c1-3-6-14-12(13)15-9-11-4-7-16(8-5-11)10(2)17/h3,11H,1,4-9H2,2H3,(H3,13,14,15). The van der Waals surface area contributed by atoms with Gasteiger partial charge in [0.25, 0.3) is 0 Å². The third-order valence-corrected chi connectivity index (χ3v) is 3.01. The van der Waals surface area contributed by atoms with Crippen LogP contribution < -0.4 is 11.1 Å². The van der Waals surface area contributed by atoms with Crippen molar-refractivity contribution in [3.8, 4) is 0 Å². The van der Waals surface area contributed by atoms with Crippen molar-refractivity contribution in [1.82, 2.24) is 10.2 Å². The molecule has 1 aliphatic rings. The maximum atomic E-state index is 11.1. The lowest BCUT2D eigenvalue weighted by Crippen LogP contribution is -2.38. The summed E-state index contributed by atoms with van der Waals surface area (Å²) in [6.45, 7) is 8.28. The van der Waals surface area contributed by atoms with Gasteiger partial charge in [0.2, 0.25) is 5.91 Å². The minimum absolute atomic E-state index is 0.166. The Balaban J connectivity index is 2.26. The molecule has 1 fully saturated rings. The van der Waals surface area contributed by atoms with Gasteiger partial charge >= 0.3 is 0 Å². The topological polar surface area (TPSA) is 70.7 Å². The zero-order valence-corrected chi connectivity index (χ0v) is 10.5. The SMILES string of the molecule is C=CCNC(N)=NCC1CCN(C(C)=O)CC1. The second kappa shape index (κ2) is 6.93. The van der Waals surface area contributed by atoms with Crippen LogP contribution in [0.3, 0.4) is 0 Å². The van der Waals surface area contributed by atoms with Gasteiger partial charge in [-0.1, -0.05) is 6.08 Å². The molecule has 0 bridgehead atoms. The van der Waals surface area contributed by atoms with E-state index in [1.54, 1.807) is 13.0 Å². The number of amides is 1. The molecule has 96 valence electrons. The van der Waals surface area contributed by atoms with Crippen molar-refractivity contribution >= 4 is 11.9 Å². The van der Waals surface area contributed by atoms with Crippen LogP contribution >= 0.6 is 0 Å². The maximum Gasteiger partial charge on any atom is 0.219 e. The van der Waals surface area contributed by atoms with E-state index < -0.39 is 0 Å². The lowest BCUT2D eigenvalue weighted by molar-refractivity contribution is -0.130. The zero-order chi connectivity index (χ0) is 12.7. The van der Waals surface area contributed by atoms with Crippen molar-refractivity contribution in [2.24, 2.45) is 16.6 Å². The summed E-state index contributed by atoms with van der Waals surface area (Å²) in [5.41, 5.74) is 5.68. The van der Waals surface area contributed by atoms with Crippen LogP contribution in [0.1, 0.15) is 19.8 Å². The van der Waals surface area contributed by atoms with Crippen molar-refractivity contribution in [1.29, 1.82) is 0 Å². The second-order valence-corrected chi connectivity index (χ2v) is 4.34. The van der Waals surface area contributed by atoms with Crippen LogP contribution in [-0.4, -0.2) is 42.9 Å². The number of hydrogen-bond acceptors (Lipinski definition) is 2. The van der Waals surface area contributed by atoms with E-state index in [0.29, 0.717) is 18.4 Å². The smallest absolute Gasteiger partial charge is 0.219 e. The van der Waals surface area contributed by atoms with Gasteiger partial charge in [0, 0.05) is 33.1 Å². The summed E-state index contributed by atoms with van der Waals surface area (Å²) in [5, 5.41) is 2.94. The highest BCUT2D eigenvalue weighted by Crippen LogP contribution is 2.17. The monoisotopic (exact) mass is 238 g/mol. The summed E-state index contributed by atoms with van der Waals surface area (Å²) in [7, 11) is 0. The molecule has 3 N–H and O–H groups in total. The molecule has 5 nitrogen and oxygen atoms in total. The Kier molecular flexibility index (Phi) is 5.52. The second-order valence-electron chi connectivity index (χ2n) is 4.34. The van der Waals surface area contributed by atoms with E-state index in [1.807, 2.05) is 4.90 Å². The predicted molar refractivity (Wildman–Crippen MR) is 69.7 cm³/mol. The molecule has 5 heteroatoms. The third-order valence-electron chi connectivity index (χ3n) is 3.01. The summed E-state index contributed by atoms with van der Waals surface area (Å²) in [4.78, 5) is 17.3. The first-order chi connectivity index (χ1) is 8.13. The van der Waals surface area contributed by atoms with E-state index in [4.69, 9.17) is 5.73 Å². The highest BCUT2D eigenvalue weighted by atomic mass is 16.2. The molecule has 0 saturated carbocycles. The Hall–Kier alpha value is -1.52. The van der Waals surface area contributed by atoms with E-state index in [1.165, 1.54) is 0 Å². The van der Waals surface area contributed by atoms with E-state index in [2.05, 4.69) is 16.9 Å². The number of carbonyl (C=O) groups is 1. The Bertz CT molecular complexity index is 293. The molecule has 0 radical (unpaired) electrons. The maximum absolute atomic E-state index is 11.1. The number of carbonyl (C=O) groups excluding carboxylic acids is 1. The minimum Gasteiger partial charge on any atom is -0.370 e. The van der Waals surface area contributed by atoms with Crippen molar-refractivity contribution < 1.29 is 4.79 Å². The highest BCUT2D eigenvalue weighted by Gasteiger charge is 2.20. The van der Waals surface area contributed by atoms with Gasteiger partial charge in [0.1, 0.15) is 0 Å². The molecular weight excluding hydrogens is 216 g/mol. The van der Waals surface area contributed by atoms with Gasteiger partial charge in [0.15, 0.2) is 5.96 Å². The van der Waals surface area contributed by atoms with Crippen LogP contribution in [0.15, 0.2) is 17.6 Å². The molecule has 0 aliphatic carbocycles.